The second-order valence-electron chi connectivity index (χ2n) is 6.19. The molecule has 3 N–H and O–H groups in total. The summed E-state index contributed by atoms with van der Waals surface area (Å²) < 4.78 is 0. The minimum atomic E-state index is -0.356. The first kappa shape index (κ1) is 22.9. The van der Waals surface area contributed by atoms with Gasteiger partial charge in [-0.2, -0.15) is 0 Å². The molecule has 0 atom stereocenters. The fraction of sp³-hybridized carbons (Fsp3) is 0.812. The number of halogens is 1. The molecule has 2 amide bonds. The molecule has 0 aromatic heterocycles. The third-order valence-electron chi connectivity index (χ3n) is 4.11. The first-order valence-corrected chi connectivity index (χ1v) is 8.46. The van der Waals surface area contributed by atoms with E-state index in [1.165, 1.54) is 0 Å². The Balaban J connectivity index is 0.00000529. The van der Waals surface area contributed by atoms with E-state index in [1.54, 1.807) is 19.0 Å². The van der Waals surface area contributed by atoms with Gasteiger partial charge < -0.3 is 20.9 Å². The van der Waals surface area contributed by atoms with Crippen LogP contribution in [0.3, 0.4) is 0 Å². The van der Waals surface area contributed by atoms with Crippen molar-refractivity contribution < 1.29 is 9.59 Å². The number of hydrogen-bond donors (Lipinski definition) is 3. The molecule has 1 fully saturated rings. The summed E-state index contributed by atoms with van der Waals surface area (Å²) in [5.41, 5.74) is -0.356. The zero-order valence-corrected chi connectivity index (χ0v) is 17.6. The van der Waals surface area contributed by atoms with Crippen molar-refractivity contribution in [2.75, 3.05) is 40.3 Å². The highest BCUT2D eigenvalue weighted by atomic mass is 127. The molecule has 7 nitrogen and oxygen atoms in total. The Labute approximate surface area is 162 Å². The molecule has 0 aromatic rings. The molecule has 24 heavy (non-hydrogen) atoms. The van der Waals surface area contributed by atoms with Crippen LogP contribution < -0.4 is 16.0 Å². The first-order chi connectivity index (χ1) is 10.9. The average molecular weight is 453 g/mol. The van der Waals surface area contributed by atoms with Crippen LogP contribution in [-0.4, -0.2) is 62.9 Å². The summed E-state index contributed by atoms with van der Waals surface area (Å²) in [5.74, 6) is 0.642. The van der Waals surface area contributed by atoms with E-state index in [0.717, 1.165) is 25.7 Å². The molecular weight excluding hydrogens is 421 g/mol. The van der Waals surface area contributed by atoms with E-state index < -0.39 is 0 Å². The fourth-order valence-electron chi connectivity index (χ4n) is 2.99. The molecule has 8 heteroatoms. The van der Waals surface area contributed by atoms with Crippen LogP contribution in [0.4, 0.5) is 0 Å². The number of amides is 2. The lowest BCUT2D eigenvalue weighted by atomic mass is 9.84. The molecule has 0 aliphatic heterocycles. The molecule has 1 aliphatic rings. The maximum Gasteiger partial charge on any atom is 0.241 e. The van der Waals surface area contributed by atoms with Crippen LogP contribution in [-0.2, 0) is 9.59 Å². The zero-order valence-electron chi connectivity index (χ0n) is 15.3. The van der Waals surface area contributed by atoms with Gasteiger partial charge in [0.2, 0.25) is 11.8 Å². The SMILES string of the molecule is CCNC(=O)CN=C(NCC)NCC1(C(=O)N(C)C)CCCC1.I. The lowest BCUT2D eigenvalue weighted by molar-refractivity contribution is -0.138. The quantitative estimate of drug-likeness (QED) is 0.305. The van der Waals surface area contributed by atoms with Gasteiger partial charge >= 0.3 is 0 Å². The predicted molar refractivity (Wildman–Crippen MR) is 108 cm³/mol. The highest BCUT2D eigenvalue weighted by Gasteiger charge is 2.42. The minimum Gasteiger partial charge on any atom is -0.357 e. The van der Waals surface area contributed by atoms with E-state index in [0.29, 0.717) is 25.6 Å². The molecule has 0 spiro atoms. The van der Waals surface area contributed by atoms with E-state index in [2.05, 4.69) is 20.9 Å². The standard InChI is InChI=1S/C16H31N5O2.HI/c1-5-17-13(22)11-19-15(18-6-2)20-12-16(9-7-8-10-16)14(23)21(3)4;/h5-12H2,1-4H3,(H,17,22)(H2,18,19,20);1H. The monoisotopic (exact) mass is 453 g/mol. The van der Waals surface area contributed by atoms with E-state index in [9.17, 15) is 9.59 Å². The topological polar surface area (TPSA) is 85.8 Å². The van der Waals surface area contributed by atoms with Crippen molar-refractivity contribution in [3.63, 3.8) is 0 Å². The number of aliphatic imine (C=N–C) groups is 1. The van der Waals surface area contributed by atoms with Gasteiger partial charge in [0.15, 0.2) is 5.96 Å². The van der Waals surface area contributed by atoms with E-state index in [4.69, 9.17) is 0 Å². The number of carbonyl (C=O) groups is 2. The summed E-state index contributed by atoms with van der Waals surface area (Å²) >= 11 is 0. The second kappa shape index (κ2) is 11.5. The third-order valence-corrected chi connectivity index (χ3v) is 4.11. The number of guanidine groups is 1. The van der Waals surface area contributed by atoms with Crippen LogP contribution in [0, 0.1) is 5.41 Å². The van der Waals surface area contributed by atoms with E-state index >= 15 is 0 Å². The van der Waals surface area contributed by atoms with Crippen LogP contribution in [0.25, 0.3) is 0 Å². The van der Waals surface area contributed by atoms with Gasteiger partial charge in [0.05, 0.1) is 5.41 Å². The lowest BCUT2D eigenvalue weighted by Crippen LogP contribution is -2.49. The number of nitrogens with one attached hydrogen (secondary N) is 3. The molecule has 0 heterocycles. The molecule has 1 aliphatic carbocycles. The van der Waals surface area contributed by atoms with E-state index in [-0.39, 0.29) is 47.8 Å². The van der Waals surface area contributed by atoms with Crippen molar-refractivity contribution >= 4 is 41.8 Å². The maximum atomic E-state index is 12.6. The van der Waals surface area contributed by atoms with Crippen LogP contribution in [0.15, 0.2) is 4.99 Å². The van der Waals surface area contributed by atoms with E-state index in [1.807, 2.05) is 13.8 Å². The number of nitrogens with zero attached hydrogens (tertiary/aromatic N) is 2. The minimum absolute atomic E-state index is 0. The predicted octanol–water partition coefficient (Wildman–Crippen LogP) is 0.944. The molecule has 0 bridgehead atoms. The molecular formula is C16H32IN5O2. The smallest absolute Gasteiger partial charge is 0.241 e. The van der Waals surface area contributed by atoms with Crippen molar-refractivity contribution in [1.82, 2.24) is 20.9 Å². The zero-order chi connectivity index (χ0) is 17.3. The Morgan fingerprint density at radius 3 is 2.12 bits per heavy atom. The molecule has 140 valence electrons. The van der Waals surface area contributed by atoms with Crippen molar-refractivity contribution in [2.45, 2.75) is 39.5 Å². The van der Waals surface area contributed by atoms with Gasteiger partial charge in [-0.25, -0.2) is 4.99 Å². The Kier molecular flexibility index (Phi) is 11.0. The Hall–Kier alpha value is -1.06. The third kappa shape index (κ3) is 6.82. The Morgan fingerprint density at radius 2 is 1.62 bits per heavy atom. The van der Waals surface area contributed by atoms with Crippen molar-refractivity contribution in [3.8, 4) is 0 Å². The average Bonchev–Trinajstić information content (AvgIpc) is 2.99. The summed E-state index contributed by atoms with van der Waals surface area (Å²) in [7, 11) is 3.60. The molecule has 1 saturated carbocycles. The highest BCUT2D eigenvalue weighted by Crippen LogP contribution is 2.38. The highest BCUT2D eigenvalue weighted by molar-refractivity contribution is 14.0. The maximum absolute atomic E-state index is 12.6. The van der Waals surface area contributed by atoms with Crippen molar-refractivity contribution in [2.24, 2.45) is 10.4 Å². The molecule has 0 radical (unpaired) electrons. The van der Waals surface area contributed by atoms with Gasteiger partial charge in [0, 0.05) is 33.7 Å². The summed E-state index contributed by atoms with van der Waals surface area (Å²) in [4.78, 5) is 30.0. The molecule has 0 unspecified atom stereocenters. The number of hydrogen-bond acceptors (Lipinski definition) is 3. The summed E-state index contributed by atoms with van der Waals surface area (Å²) in [5, 5.41) is 9.09. The van der Waals surface area contributed by atoms with Crippen LogP contribution >= 0.6 is 24.0 Å². The van der Waals surface area contributed by atoms with Crippen LogP contribution in [0.1, 0.15) is 39.5 Å². The summed E-state index contributed by atoms with van der Waals surface area (Å²) in [6.07, 6.45) is 3.95. The van der Waals surface area contributed by atoms with Gasteiger partial charge in [0.1, 0.15) is 6.54 Å². The number of carbonyl (C=O) groups excluding carboxylic acids is 2. The van der Waals surface area contributed by atoms with Gasteiger partial charge in [-0.3, -0.25) is 9.59 Å². The Bertz CT molecular complexity index is 434. The Morgan fingerprint density at radius 1 is 1.04 bits per heavy atom. The van der Waals surface area contributed by atoms with Gasteiger partial charge in [-0.05, 0) is 26.7 Å². The largest absolute Gasteiger partial charge is 0.357 e. The first-order valence-electron chi connectivity index (χ1n) is 8.46. The fourth-order valence-corrected chi connectivity index (χ4v) is 2.99. The van der Waals surface area contributed by atoms with Gasteiger partial charge in [-0.15, -0.1) is 24.0 Å². The number of likely N-dealkylation sites (N-methyl/N-ethyl adjacent to an activating group) is 1. The van der Waals surface area contributed by atoms with Crippen LogP contribution in [0.5, 0.6) is 0 Å². The molecule has 1 rings (SSSR count). The molecule has 0 saturated heterocycles. The second-order valence-corrected chi connectivity index (χ2v) is 6.19. The normalized spacial score (nSPS) is 16.1. The number of rotatable bonds is 7. The van der Waals surface area contributed by atoms with Crippen molar-refractivity contribution in [1.29, 1.82) is 0 Å². The molecule has 0 aromatic carbocycles. The van der Waals surface area contributed by atoms with Crippen molar-refractivity contribution in [3.05, 3.63) is 0 Å². The summed E-state index contributed by atoms with van der Waals surface area (Å²) in [6, 6.07) is 0. The van der Waals surface area contributed by atoms with Crippen LogP contribution in [0.2, 0.25) is 0 Å². The van der Waals surface area contributed by atoms with Gasteiger partial charge in [-0.1, -0.05) is 12.8 Å². The van der Waals surface area contributed by atoms with Gasteiger partial charge in [0.25, 0.3) is 0 Å². The summed E-state index contributed by atoms with van der Waals surface area (Å²) in [6.45, 7) is 5.78. The lowest BCUT2D eigenvalue weighted by Gasteiger charge is -2.31.